The van der Waals surface area contributed by atoms with E-state index in [-0.39, 0.29) is 69.8 Å². The number of halogens is 1. The molecular weight excluding hydrogens is 1430 g/mol. The number of hydrogen-bond donors (Lipinski definition) is 3. The second-order valence-corrected chi connectivity index (χ2v) is 28.0. The van der Waals surface area contributed by atoms with Crippen LogP contribution in [0.3, 0.4) is 0 Å². The van der Waals surface area contributed by atoms with E-state index in [0.29, 0.717) is 151 Å². The van der Waals surface area contributed by atoms with Crippen LogP contribution in [0.2, 0.25) is 0 Å². The van der Waals surface area contributed by atoms with Gasteiger partial charge in [-0.1, -0.05) is 6.07 Å². The molecule has 0 aliphatic carbocycles. The highest BCUT2D eigenvalue weighted by molar-refractivity contribution is 6.12. The van der Waals surface area contributed by atoms with E-state index in [2.05, 4.69) is 25.5 Å². The minimum absolute atomic E-state index is 0.00352. The summed E-state index contributed by atoms with van der Waals surface area (Å²) in [7, 11) is 2.95. The quantitative estimate of drug-likeness (QED) is 0.0597. The molecule has 0 unspecified atom stereocenters. The van der Waals surface area contributed by atoms with Crippen molar-refractivity contribution in [2.45, 2.75) is 99.0 Å². The number of aryl methyl sites for hydroxylation is 3. The molecule has 0 radical (unpaired) electrons. The summed E-state index contributed by atoms with van der Waals surface area (Å²) in [6.07, 6.45) is 8.22. The maximum absolute atomic E-state index is 14.5. The van der Waals surface area contributed by atoms with Crippen LogP contribution in [0.1, 0.15) is 139 Å². The van der Waals surface area contributed by atoms with E-state index < -0.39 is 17.6 Å². The Morgan fingerprint density at radius 2 is 1.04 bits per heavy atom. The first-order valence-corrected chi connectivity index (χ1v) is 37.2. The summed E-state index contributed by atoms with van der Waals surface area (Å²) < 4.78 is 36.1. The Hall–Kier alpha value is -13.1. The SMILES string of the molecule is CCOc1ccc(-n2nc(C(N)=O)c3c2C(=O)N(c2ccc(-n4cccc(C)c4=O)c(C)c2)CC3)cc1.COc1ccc(-n2nc(C(N)=O)c3c2C(=O)N(c2ccc(N(C(=O)CN4CCCC4)C(C)C)cc2)CC3)cc1.COc1ccc(-n2nc(NC=O)c3c2C(=O)N(c2ccc(N4CCCCC4=O)c(C)c2)CC3)cc1F. The van der Waals surface area contributed by atoms with Crippen LogP contribution in [0.25, 0.3) is 22.7 Å². The third kappa shape index (κ3) is 15.4. The lowest BCUT2D eigenvalue weighted by atomic mass is 10.0. The van der Waals surface area contributed by atoms with Crippen molar-refractivity contribution in [1.29, 1.82) is 0 Å². The van der Waals surface area contributed by atoms with Crippen LogP contribution in [0.15, 0.2) is 151 Å². The smallest absolute Gasteiger partial charge is 0.277 e. The Labute approximate surface area is 645 Å². The van der Waals surface area contributed by atoms with Crippen LogP contribution >= 0.6 is 0 Å². The van der Waals surface area contributed by atoms with Gasteiger partial charge in [-0.05, 0) is 238 Å². The molecule has 28 nitrogen and oxygen atoms in total. The lowest BCUT2D eigenvalue weighted by molar-refractivity contribution is -0.120. The van der Waals surface area contributed by atoms with Crippen molar-refractivity contribution in [2.24, 2.45) is 11.5 Å². The summed E-state index contributed by atoms with van der Waals surface area (Å²) >= 11 is 0. The summed E-state index contributed by atoms with van der Waals surface area (Å²) in [6.45, 7) is 16.2. The Bertz CT molecular complexity index is 5370. The molecule has 5 aliphatic rings. The lowest BCUT2D eigenvalue weighted by Crippen LogP contribution is -2.43. The van der Waals surface area contributed by atoms with E-state index in [1.54, 1.807) is 100 Å². The average molecular weight is 1520 g/mol. The van der Waals surface area contributed by atoms with Crippen molar-refractivity contribution < 1.29 is 57.0 Å². The highest BCUT2D eigenvalue weighted by Crippen LogP contribution is 2.38. The molecule has 4 aromatic heterocycles. The fourth-order valence-electron chi connectivity index (χ4n) is 15.1. The van der Waals surface area contributed by atoms with Crippen LogP contribution in [-0.4, -0.2) is 159 Å². The maximum Gasteiger partial charge on any atom is 0.277 e. The van der Waals surface area contributed by atoms with E-state index >= 15 is 0 Å². The number of primary amides is 2. The Morgan fingerprint density at radius 3 is 1.55 bits per heavy atom. The van der Waals surface area contributed by atoms with Crippen LogP contribution < -0.4 is 61.1 Å². The number of ether oxygens (including phenoxy) is 3. The monoisotopic (exact) mass is 1520 g/mol. The molecule has 6 aromatic carbocycles. The first kappa shape index (κ1) is 77.1. The molecule has 10 aromatic rings. The van der Waals surface area contributed by atoms with E-state index in [9.17, 15) is 47.5 Å². The van der Waals surface area contributed by atoms with Crippen molar-refractivity contribution in [3.8, 4) is 40.0 Å². The number of hydrogen-bond acceptors (Lipinski definition) is 16. The molecule has 0 saturated carbocycles. The van der Waals surface area contributed by atoms with Crippen LogP contribution in [0, 0.1) is 26.6 Å². The molecule has 112 heavy (non-hydrogen) atoms. The standard InChI is InChI=1S/C29H34N6O4.C28H27N5O4.C26H26FN5O4/c1-19(2)34(25(36)18-32-15-4-5-16-32)21-8-6-20(7-9-21)33-17-14-24-26(28(30)37)31-35(27(24)29(33)38)22-10-12-23(39-3)13-11-22;1-4-37-21-10-7-19(8-11-21)33-25-22(24(30-33)26(29)34)13-15-31(28(25)36)20-9-12-23(18(3)16-20)32-14-5-6-17(2)27(32)35;1-16-13-17(6-8-21(16)31-11-4-3-5-23(31)34)30-12-10-19-24(26(30)35)32(29-25(19)28-15-33)18-7-9-22(36-2)20(27)14-18/h6-13,19H,4-5,14-18H2,1-3H3,(H2,30,37);5-12,14,16H,4,13,15H2,1-3H3,(H2,29,34);6-9,13-15H,3-5,10-12H2,1-2H3,(H,28,29,33). The molecule has 9 heterocycles. The molecule has 8 amide bonds. The van der Waals surface area contributed by atoms with Crippen LogP contribution in [0.4, 0.5) is 38.6 Å². The Morgan fingerprint density at radius 1 is 0.545 bits per heavy atom. The van der Waals surface area contributed by atoms with Gasteiger partial charge in [-0.15, -0.1) is 5.10 Å². The Balaban J connectivity index is 0.000000147. The number of amides is 8. The van der Waals surface area contributed by atoms with Crippen molar-refractivity contribution in [3.05, 3.63) is 224 Å². The van der Waals surface area contributed by atoms with Gasteiger partial charge in [0.05, 0.1) is 50.1 Å². The molecule has 0 spiro atoms. The zero-order valence-corrected chi connectivity index (χ0v) is 63.6. The van der Waals surface area contributed by atoms with E-state index in [0.717, 1.165) is 67.0 Å². The normalized spacial score (nSPS) is 14.7. The number of pyridine rings is 1. The maximum atomic E-state index is 14.5. The number of methoxy groups -OCH3 is 2. The number of benzene rings is 6. The largest absolute Gasteiger partial charge is 0.497 e. The summed E-state index contributed by atoms with van der Waals surface area (Å²) in [4.78, 5) is 126. The molecule has 2 saturated heterocycles. The van der Waals surface area contributed by atoms with Crippen molar-refractivity contribution in [1.82, 2.24) is 38.8 Å². The molecular formula is C83H87FN16O12. The number of aromatic nitrogens is 7. The van der Waals surface area contributed by atoms with Gasteiger partial charge in [-0.3, -0.25) is 52.6 Å². The minimum atomic E-state index is -0.675. The Kier molecular flexibility index (Phi) is 22.7. The fraction of sp³-hybridized carbons (Fsp3) is 0.301. The van der Waals surface area contributed by atoms with Gasteiger partial charge in [-0.25, -0.2) is 18.4 Å². The number of nitrogens with two attached hydrogens (primary N) is 2. The third-order valence-electron chi connectivity index (χ3n) is 20.6. The molecule has 2 fully saturated rings. The number of carbonyl (C=O) groups is 8. The van der Waals surface area contributed by atoms with Crippen LogP contribution in [0.5, 0.6) is 17.2 Å². The third-order valence-corrected chi connectivity index (χ3v) is 20.6. The van der Waals surface area contributed by atoms with Gasteiger partial charge in [0, 0.05) is 102 Å². The van der Waals surface area contributed by atoms with Gasteiger partial charge in [0.15, 0.2) is 28.8 Å². The first-order valence-electron chi connectivity index (χ1n) is 37.2. The number of rotatable bonds is 20. The van der Waals surface area contributed by atoms with E-state index in [1.165, 1.54) is 33.3 Å². The van der Waals surface area contributed by atoms with E-state index in [1.807, 2.05) is 111 Å². The number of likely N-dealkylation sites (tertiary alicyclic amines) is 1. The predicted molar refractivity (Wildman–Crippen MR) is 421 cm³/mol. The second kappa shape index (κ2) is 33.0. The minimum Gasteiger partial charge on any atom is -0.497 e. The fourth-order valence-corrected chi connectivity index (χ4v) is 15.1. The van der Waals surface area contributed by atoms with Gasteiger partial charge in [0.2, 0.25) is 18.2 Å². The molecule has 5 aliphatic heterocycles. The van der Waals surface area contributed by atoms with Gasteiger partial charge >= 0.3 is 0 Å². The summed E-state index contributed by atoms with van der Waals surface area (Å²) in [6, 6.07) is 40.8. The summed E-state index contributed by atoms with van der Waals surface area (Å²) in [5.41, 5.74) is 22.3. The first-order chi connectivity index (χ1) is 54.0. The van der Waals surface area contributed by atoms with Crippen molar-refractivity contribution in [3.63, 3.8) is 0 Å². The number of carbonyl (C=O) groups excluding carboxylic acids is 8. The van der Waals surface area contributed by atoms with Gasteiger partial charge in [0.1, 0.15) is 28.6 Å². The topological polar surface area (TPSA) is 323 Å². The molecule has 29 heteroatoms. The lowest BCUT2D eigenvalue weighted by Gasteiger charge is -2.31. The molecule has 0 atom stereocenters. The number of anilines is 6. The van der Waals surface area contributed by atoms with Crippen LogP contribution in [-0.2, 0) is 33.6 Å². The van der Waals surface area contributed by atoms with Crippen molar-refractivity contribution >= 4 is 82.0 Å². The number of nitrogens with zero attached hydrogens (tertiary/aromatic N) is 13. The molecule has 5 N–H and O–H groups in total. The molecule has 578 valence electrons. The number of nitrogens with one attached hydrogen (secondary N) is 1. The number of piperidine rings is 1. The van der Waals surface area contributed by atoms with Gasteiger partial charge in [0.25, 0.3) is 35.1 Å². The molecule has 15 rings (SSSR count). The zero-order chi connectivity index (χ0) is 79.3. The highest BCUT2D eigenvalue weighted by Gasteiger charge is 2.39. The van der Waals surface area contributed by atoms with E-state index in [4.69, 9.17) is 25.7 Å². The van der Waals surface area contributed by atoms with Crippen molar-refractivity contribution in [2.75, 3.05) is 96.5 Å². The molecule has 0 bridgehead atoms. The highest BCUT2D eigenvalue weighted by atomic mass is 19.1. The zero-order valence-electron chi connectivity index (χ0n) is 63.6. The second-order valence-electron chi connectivity index (χ2n) is 28.0. The average Bonchev–Trinajstić information content (AvgIpc) is 1.58. The van der Waals surface area contributed by atoms with Gasteiger partial charge in [-0.2, -0.15) is 10.2 Å². The summed E-state index contributed by atoms with van der Waals surface area (Å²) in [5, 5.41) is 15.8. The summed E-state index contributed by atoms with van der Waals surface area (Å²) in [5.74, 6) is -0.940. The predicted octanol–water partition coefficient (Wildman–Crippen LogP) is 9.98. The number of fused-ring (bicyclic) bond motifs is 3. The van der Waals surface area contributed by atoms with Gasteiger partial charge < -0.3 is 55.5 Å².